The Kier molecular flexibility index (Phi) is 5.16. The van der Waals surface area contributed by atoms with Crippen LogP contribution in [0, 0.1) is 0 Å². The van der Waals surface area contributed by atoms with E-state index < -0.39 is 0 Å². The summed E-state index contributed by atoms with van der Waals surface area (Å²) in [6.07, 6.45) is 0. The second-order valence-electron chi connectivity index (χ2n) is 5.90. The minimum atomic E-state index is -0.235. The van der Waals surface area contributed by atoms with E-state index in [1.165, 1.54) is 7.11 Å². The van der Waals surface area contributed by atoms with Crippen LogP contribution in [0.3, 0.4) is 0 Å². The van der Waals surface area contributed by atoms with E-state index in [0.717, 1.165) is 24.2 Å². The number of rotatable bonds is 7. The van der Waals surface area contributed by atoms with Gasteiger partial charge in [0.05, 0.1) is 19.8 Å². The maximum atomic E-state index is 13.0. The number of fused-ring (bicyclic) bond motifs is 1. The minimum absolute atomic E-state index is 0.235. The van der Waals surface area contributed by atoms with E-state index in [0.29, 0.717) is 22.6 Å². The third kappa shape index (κ3) is 3.25. The topological polar surface area (TPSA) is 51.9 Å². The summed E-state index contributed by atoms with van der Waals surface area (Å²) in [5.74, 6) is 1.12. The summed E-state index contributed by atoms with van der Waals surface area (Å²) >= 11 is 0. The third-order valence-corrected chi connectivity index (χ3v) is 4.51. The van der Waals surface area contributed by atoms with Crippen LogP contribution in [0.2, 0.25) is 0 Å². The Labute approximate surface area is 153 Å². The van der Waals surface area contributed by atoms with Crippen molar-refractivity contribution in [1.29, 1.82) is 0 Å². The Morgan fingerprint density at radius 3 is 2.42 bits per heavy atom. The standard InChI is InChI=1S/C21H23NO4/c1-5-22(6-2)15-8-7-14-11-20(26-19(14)12-15)21(23)17-13-16(24-3)9-10-18(17)25-4/h7-13H,5-6H2,1-4H3. The SMILES string of the molecule is CCN(CC)c1ccc2cc(C(=O)c3cc(OC)ccc3OC)oc2c1. The lowest BCUT2D eigenvalue weighted by atomic mass is 10.1. The molecule has 1 heterocycles. The number of nitrogens with zero attached hydrogens (tertiary/aromatic N) is 1. The summed E-state index contributed by atoms with van der Waals surface area (Å²) in [5, 5.41) is 0.895. The van der Waals surface area contributed by atoms with Crippen molar-refractivity contribution >= 4 is 22.4 Å². The largest absolute Gasteiger partial charge is 0.497 e. The molecule has 26 heavy (non-hydrogen) atoms. The lowest BCUT2D eigenvalue weighted by Crippen LogP contribution is -2.21. The second kappa shape index (κ2) is 7.52. The molecule has 0 amide bonds. The van der Waals surface area contributed by atoms with Crippen molar-refractivity contribution in [3.63, 3.8) is 0 Å². The van der Waals surface area contributed by atoms with Gasteiger partial charge in [0.15, 0.2) is 5.76 Å². The lowest BCUT2D eigenvalue weighted by Gasteiger charge is -2.20. The molecular formula is C21H23NO4. The van der Waals surface area contributed by atoms with Gasteiger partial charge in [-0.3, -0.25) is 4.79 Å². The molecule has 0 N–H and O–H groups in total. The zero-order valence-corrected chi connectivity index (χ0v) is 15.5. The molecule has 0 fully saturated rings. The van der Waals surface area contributed by atoms with E-state index >= 15 is 0 Å². The first-order chi connectivity index (χ1) is 12.6. The van der Waals surface area contributed by atoms with E-state index in [-0.39, 0.29) is 11.5 Å². The van der Waals surface area contributed by atoms with Crippen LogP contribution >= 0.6 is 0 Å². The van der Waals surface area contributed by atoms with Crippen molar-refractivity contribution in [3.8, 4) is 11.5 Å². The number of hydrogen-bond acceptors (Lipinski definition) is 5. The van der Waals surface area contributed by atoms with Crippen LogP contribution in [0.15, 0.2) is 46.9 Å². The van der Waals surface area contributed by atoms with Crippen LogP contribution in [0.1, 0.15) is 30.0 Å². The van der Waals surface area contributed by atoms with Gasteiger partial charge >= 0.3 is 0 Å². The van der Waals surface area contributed by atoms with E-state index in [1.807, 2.05) is 18.2 Å². The molecule has 136 valence electrons. The highest BCUT2D eigenvalue weighted by Gasteiger charge is 2.20. The van der Waals surface area contributed by atoms with E-state index in [4.69, 9.17) is 13.9 Å². The molecule has 0 radical (unpaired) electrons. The Bertz CT molecular complexity index is 925. The molecule has 0 aliphatic carbocycles. The van der Waals surface area contributed by atoms with Crippen molar-refractivity contribution in [1.82, 2.24) is 0 Å². The lowest BCUT2D eigenvalue weighted by molar-refractivity contribution is 0.101. The molecule has 0 bridgehead atoms. The molecule has 5 nitrogen and oxygen atoms in total. The Morgan fingerprint density at radius 1 is 1.00 bits per heavy atom. The average Bonchev–Trinajstić information content (AvgIpc) is 3.11. The van der Waals surface area contributed by atoms with Gasteiger partial charge in [0.25, 0.3) is 0 Å². The molecular weight excluding hydrogens is 330 g/mol. The maximum absolute atomic E-state index is 13.0. The van der Waals surface area contributed by atoms with E-state index in [1.54, 1.807) is 31.4 Å². The molecule has 0 aliphatic heterocycles. The highest BCUT2D eigenvalue weighted by atomic mass is 16.5. The van der Waals surface area contributed by atoms with Gasteiger partial charge in [0.2, 0.25) is 5.78 Å². The number of methoxy groups -OCH3 is 2. The second-order valence-corrected chi connectivity index (χ2v) is 5.90. The summed E-state index contributed by atoms with van der Waals surface area (Å²) in [6, 6.07) is 12.9. The summed E-state index contributed by atoms with van der Waals surface area (Å²) in [4.78, 5) is 15.2. The smallest absolute Gasteiger partial charge is 0.232 e. The van der Waals surface area contributed by atoms with Gasteiger partial charge in [0.1, 0.15) is 17.1 Å². The molecule has 0 saturated carbocycles. The van der Waals surface area contributed by atoms with Gasteiger partial charge in [-0.25, -0.2) is 0 Å². The number of ketones is 1. The normalized spacial score (nSPS) is 10.8. The Balaban J connectivity index is 2.01. The molecule has 1 aromatic heterocycles. The number of hydrogen-bond donors (Lipinski definition) is 0. The Hall–Kier alpha value is -2.95. The number of ether oxygens (including phenoxy) is 2. The minimum Gasteiger partial charge on any atom is -0.497 e. The molecule has 3 aromatic rings. The van der Waals surface area contributed by atoms with Gasteiger partial charge in [0, 0.05) is 30.2 Å². The Morgan fingerprint density at radius 2 is 1.77 bits per heavy atom. The highest BCUT2D eigenvalue weighted by molar-refractivity contribution is 6.11. The molecule has 0 unspecified atom stereocenters. The molecule has 3 rings (SSSR count). The van der Waals surface area contributed by atoms with E-state index in [9.17, 15) is 4.79 Å². The average molecular weight is 353 g/mol. The fourth-order valence-electron chi connectivity index (χ4n) is 3.04. The van der Waals surface area contributed by atoms with Crippen molar-refractivity contribution in [2.45, 2.75) is 13.8 Å². The summed E-state index contributed by atoms with van der Waals surface area (Å²) in [6.45, 7) is 6.05. The van der Waals surface area contributed by atoms with Crippen LogP contribution < -0.4 is 14.4 Å². The zero-order valence-electron chi connectivity index (χ0n) is 15.5. The van der Waals surface area contributed by atoms with E-state index in [2.05, 4.69) is 18.7 Å². The number of anilines is 1. The van der Waals surface area contributed by atoms with Gasteiger partial charge < -0.3 is 18.8 Å². The first kappa shape index (κ1) is 17.9. The van der Waals surface area contributed by atoms with Crippen molar-refractivity contribution in [3.05, 3.63) is 53.8 Å². The van der Waals surface area contributed by atoms with Gasteiger partial charge in [-0.1, -0.05) is 0 Å². The fourth-order valence-corrected chi connectivity index (χ4v) is 3.04. The molecule has 0 aliphatic rings. The van der Waals surface area contributed by atoms with Crippen LogP contribution in [-0.2, 0) is 0 Å². The van der Waals surface area contributed by atoms with Gasteiger partial charge in [-0.05, 0) is 50.2 Å². The number of furan rings is 1. The molecule has 2 aromatic carbocycles. The maximum Gasteiger partial charge on any atom is 0.232 e. The van der Waals surface area contributed by atoms with Crippen LogP contribution in [0.5, 0.6) is 11.5 Å². The quantitative estimate of drug-likeness (QED) is 0.584. The summed E-state index contributed by atoms with van der Waals surface area (Å²) in [5.41, 5.74) is 2.18. The summed E-state index contributed by atoms with van der Waals surface area (Å²) in [7, 11) is 3.10. The van der Waals surface area contributed by atoms with Crippen molar-refractivity contribution < 1.29 is 18.7 Å². The van der Waals surface area contributed by atoms with Gasteiger partial charge in [-0.2, -0.15) is 0 Å². The van der Waals surface area contributed by atoms with Crippen molar-refractivity contribution in [2.75, 3.05) is 32.2 Å². The van der Waals surface area contributed by atoms with Crippen LogP contribution in [0.4, 0.5) is 5.69 Å². The van der Waals surface area contributed by atoms with Gasteiger partial charge in [-0.15, -0.1) is 0 Å². The first-order valence-corrected chi connectivity index (χ1v) is 8.66. The molecule has 0 saturated heterocycles. The predicted octanol–water partition coefficient (Wildman–Crippen LogP) is 4.53. The van der Waals surface area contributed by atoms with Crippen LogP contribution in [-0.4, -0.2) is 33.1 Å². The first-order valence-electron chi connectivity index (χ1n) is 8.66. The monoisotopic (exact) mass is 353 g/mol. The third-order valence-electron chi connectivity index (χ3n) is 4.51. The molecule has 0 atom stereocenters. The summed E-state index contributed by atoms with van der Waals surface area (Å²) < 4.78 is 16.4. The fraction of sp³-hybridized carbons (Fsp3) is 0.286. The van der Waals surface area contributed by atoms with Crippen molar-refractivity contribution in [2.24, 2.45) is 0 Å². The predicted molar refractivity (Wildman–Crippen MR) is 103 cm³/mol. The number of carbonyl (C=O) groups excluding carboxylic acids is 1. The van der Waals surface area contributed by atoms with Crippen LogP contribution in [0.25, 0.3) is 11.0 Å². The molecule has 0 spiro atoms. The zero-order chi connectivity index (χ0) is 18.7. The highest BCUT2D eigenvalue weighted by Crippen LogP contribution is 2.30. The number of benzene rings is 2. The molecule has 5 heteroatoms. The number of carbonyl (C=O) groups is 1.